The predicted octanol–water partition coefficient (Wildman–Crippen LogP) is -1.01. The van der Waals surface area contributed by atoms with Gasteiger partial charge in [-0.3, -0.25) is 6.08 Å². The van der Waals surface area contributed by atoms with Gasteiger partial charge in [0.25, 0.3) is 0 Å². The molecule has 0 heterocycles. The molecule has 0 nitrogen and oxygen atoms in total. The summed E-state index contributed by atoms with van der Waals surface area (Å²) in [7, 11) is 0. The molecule has 0 aliphatic heterocycles. The Balaban J connectivity index is 0.000000422. The van der Waals surface area contributed by atoms with Gasteiger partial charge in [-0.05, 0) is 0 Å². The van der Waals surface area contributed by atoms with Gasteiger partial charge in [0.2, 0.25) is 0 Å². The van der Waals surface area contributed by atoms with Gasteiger partial charge >= 0.3 is 28.4 Å². The Morgan fingerprint density at radius 2 is 1.36 bits per heavy atom. The van der Waals surface area contributed by atoms with Crippen molar-refractivity contribution in [2.24, 2.45) is 0 Å². The van der Waals surface area contributed by atoms with Crippen molar-refractivity contribution in [3.63, 3.8) is 0 Å². The summed E-state index contributed by atoms with van der Waals surface area (Å²) in [4.78, 5) is 0. The van der Waals surface area contributed by atoms with Crippen LogP contribution >= 0.6 is 0 Å². The van der Waals surface area contributed by atoms with Crippen molar-refractivity contribution in [1.29, 1.82) is 0 Å². The van der Waals surface area contributed by atoms with Crippen LogP contribution in [0.2, 0.25) is 0 Å². The Morgan fingerprint density at radius 1 is 0.864 bits per heavy atom. The van der Waals surface area contributed by atoms with Crippen LogP contribution < -0.4 is 24.8 Å². The minimum Gasteiger partial charge on any atom is -1.00 e. The first-order valence-corrected chi connectivity index (χ1v) is 8.29. The molecule has 0 saturated carbocycles. The van der Waals surface area contributed by atoms with Crippen molar-refractivity contribution in [3.05, 3.63) is 78.9 Å². The molecule has 0 radical (unpaired) electrons. The van der Waals surface area contributed by atoms with E-state index in [1.165, 1.54) is 45.8 Å². The zero-order valence-electron chi connectivity index (χ0n) is 12.1. The third-order valence-electron chi connectivity index (χ3n) is 3.11. The van der Waals surface area contributed by atoms with E-state index in [1.807, 2.05) is 12.2 Å². The van der Waals surface area contributed by atoms with Gasteiger partial charge in [0.1, 0.15) is 0 Å². The molecule has 0 bridgehead atoms. The fourth-order valence-corrected chi connectivity index (χ4v) is 2.24. The number of halogens is 2. The van der Waals surface area contributed by atoms with Gasteiger partial charge in [0, 0.05) is 0 Å². The van der Waals surface area contributed by atoms with Crippen molar-refractivity contribution in [1.82, 2.24) is 0 Å². The molecule has 4 rings (SSSR count). The standard InChI is InChI=1S/C13H9.C5H5.CH2.2ClH.Zr/c1-3-7-12-10(5-1)9-11-6-2-4-8-13(11)12;1-2-4-5-3-1;;;;/h1-9H;1-3H,4H2;1H2;2*1H;/q2*-1;;;;+2/p-2. The second-order valence-electron chi connectivity index (χ2n) is 4.32. The van der Waals surface area contributed by atoms with Crippen molar-refractivity contribution in [2.45, 2.75) is 6.42 Å². The summed E-state index contributed by atoms with van der Waals surface area (Å²) in [5.74, 6) is 0. The molecule has 0 fully saturated rings. The summed E-state index contributed by atoms with van der Waals surface area (Å²) in [6.07, 6.45) is 10.0. The summed E-state index contributed by atoms with van der Waals surface area (Å²) < 4.78 is 3.34. The van der Waals surface area contributed by atoms with E-state index in [4.69, 9.17) is 0 Å². The van der Waals surface area contributed by atoms with Crippen LogP contribution in [0.3, 0.4) is 0 Å². The maximum absolute atomic E-state index is 3.34. The topological polar surface area (TPSA) is 0 Å². The molecular formula is C19H16Cl2Zr-2. The molecule has 3 aromatic carbocycles. The molecule has 0 saturated heterocycles. The van der Waals surface area contributed by atoms with Crippen molar-refractivity contribution in [2.75, 3.05) is 0 Å². The van der Waals surface area contributed by atoms with Crippen LogP contribution in [-0.2, 0) is 24.2 Å². The Labute approximate surface area is 159 Å². The third kappa shape index (κ3) is 5.39. The number of hydrogen-bond acceptors (Lipinski definition) is 0. The van der Waals surface area contributed by atoms with E-state index in [-0.39, 0.29) is 24.8 Å². The summed E-state index contributed by atoms with van der Waals surface area (Å²) >= 11 is 1.30. The average molecular weight is 406 g/mol. The van der Waals surface area contributed by atoms with Gasteiger partial charge in [0.05, 0.1) is 0 Å². The fraction of sp³-hybridized carbons (Fsp3) is 0.0526. The molecule has 112 valence electrons. The maximum Gasteiger partial charge on any atom is -0.0771 e. The van der Waals surface area contributed by atoms with Crippen molar-refractivity contribution in [3.8, 4) is 0 Å². The van der Waals surface area contributed by atoms with Crippen molar-refractivity contribution < 1.29 is 49.0 Å². The second kappa shape index (κ2) is 11.7. The minimum atomic E-state index is 0. The summed E-state index contributed by atoms with van der Waals surface area (Å²) in [6, 6.07) is 19.3. The molecule has 0 N–H and O–H groups in total. The van der Waals surface area contributed by atoms with Gasteiger partial charge in [0.15, 0.2) is 0 Å². The summed E-state index contributed by atoms with van der Waals surface area (Å²) in [5.41, 5.74) is 0. The monoisotopic (exact) mass is 404 g/mol. The minimum absolute atomic E-state index is 0. The van der Waals surface area contributed by atoms with Gasteiger partial charge in [-0.2, -0.15) is 6.08 Å². The van der Waals surface area contributed by atoms with E-state index in [0.717, 1.165) is 6.42 Å². The molecule has 0 spiro atoms. The van der Waals surface area contributed by atoms with Crippen molar-refractivity contribution >= 4 is 25.8 Å². The molecule has 0 unspecified atom stereocenters. The SMILES string of the molecule is [C-]1=CC=CC1.[CH2]=[Zr+2].[Cl-].[Cl-].c1ccc2c(c1)[cH-]c1ccccc12. The normalized spacial score (nSPS) is 10.8. The Bertz CT molecular complexity index is 681. The van der Waals surface area contributed by atoms with Crippen LogP contribution in [-0.4, -0.2) is 4.21 Å². The summed E-state index contributed by atoms with van der Waals surface area (Å²) in [6.45, 7) is 0. The maximum atomic E-state index is 3.34. The molecule has 3 heteroatoms. The van der Waals surface area contributed by atoms with Gasteiger partial charge < -0.3 is 24.8 Å². The Hall–Kier alpha value is -0.877. The van der Waals surface area contributed by atoms with Crippen LogP contribution in [0.15, 0.2) is 72.8 Å². The van der Waals surface area contributed by atoms with Crippen LogP contribution in [0.4, 0.5) is 0 Å². The molecule has 1 aliphatic rings. The number of rotatable bonds is 0. The quantitative estimate of drug-likeness (QED) is 0.420. The molecular weight excluding hydrogens is 390 g/mol. The zero-order chi connectivity index (χ0) is 14.2. The van der Waals surface area contributed by atoms with E-state index < -0.39 is 0 Å². The average Bonchev–Trinajstić information content (AvgIpc) is 3.20. The molecule has 22 heavy (non-hydrogen) atoms. The smallest absolute Gasteiger partial charge is 0.0771 e. The number of allylic oxidation sites excluding steroid dienone is 4. The largest absolute Gasteiger partial charge is 1.00 e. The molecule has 1 aliphatic carbocycles. The van der Waals surface area contributed by atoms with Crippen LogP contribution in [0.25, 0.3) is 21.5 Å². The number of fused-ring (bicyclic) bond motifs is 3. The Morgan fingerprint density at radius 3 is 1.73 bits per heavy atom. The van der Waals surface area contributed by atoms with E-state index in [0.29, 0.717) is 0 Å². The van der Waals surface area contributed by atoms with Gasteiger partial charge in [-0.1, -0.05) is 36.4 Å². The van der Waals surface area contributed by atoms with Gasteiger partial charge in [-0.15, -0.1) is 46.2 Å². The second-order valence-corrected chi connectivity index (χ2v) is 4.32. The van der Waals surface area contributed by atoms with E-state index in [2.05, 4.69) is 71.0 Å². The van der Waals surface area contributed by atoms with Crippen LogP contribution in [0.1, 0.15) is 6.42 Å². The first-order valence-electron chi connectivity index (χ1n) is 6.55. The Kier molecular flexibility index (Phi) is 11.2. The first-order chi connectivity index (χ1) is 9.95. The molecule has 0 amide bonds. The first kappa shape index (κ1) is 21.1. The van der Waals surface area contributed by atoms with Crippen LogP contribution in [0.5, 0.6) is 0 Å². The molecule has 0 atom stereocenters. The van der Waals surface area contributed by atoms with E-state index in [9.17, 15) is 0 Å². The fourth-order valence-electron chi connectivity index (χ4n) is 2.24. The van der Waals surface area contributed by atoms with E-state index >= 15 is 0 Å². The zero-order valence-corrected chi connectivity index (χ0v) is 16.1. The van der Waals surface area contributed by atoms with E-state index in [1.54, 1.807) is 0 Å². The number of benzene rings is 2. The molecule has 0 aromatic heterocycles. The van der Waals surface area contributed by atoms with Crippen LogP contribution in [0, 0.1) is 6.08 Å². The summed E-state index contributed by atoms with van der Waals surface area (Å²) in [5, 5.41) is 5.39. The number of hydrogen-bond donors (Lipinski definition) is 0. The predicted molar refractivity (Wildman–Crippen MR) is 85.7 cm³/mol. The third-order valence-corrected chi connectivity index (χ3v) is 3.11. The molecule has 3 aromatic rings. The van der Waals surface area contributed by atoms with Gasteiger partial charge in [-0.25, -0.2) is 12.2 Å².